The van der Waals surface area contributed by atoms with Crippen molar-refractivity contribution in [2.75, 3.05) is 53.6 Å². The smallest absolute Gasteiger partial charge is 0.359 e. The zero-order valence-electron chi connectivity index (χ0n) is 34.4. The molecule has 2 aromatic heterocycles. The number of nitrogens with zero attached hydrogens (tertiary/aromatic N) is 6. The predicted octanol–water partition coefficient (Wildman–Crippen LogP) is 4.30. The van der Waals surface area contributed by atoms with Gasteiger partial charge in [-0.3, -0.25) is 9.59 Å². The van der Waals surface area contributed by atoms with Crippen molar-refractivity contribution in [2.45, 2.75) is 71.0 Å². The summed E-state index contributed by atoms with van der Waals surface area (Å²) >= 11 is 3.44. The highest BCUT2D eigenvalue weighted by molar-refractivity contribution is 9.10. The van der Waals surface area contributed by atoms with Crippen molar-refractivity contribution < 1.29 is 48.3 Å². The molecule has 0 unspecified atom stereocenters. The minimum Gasteiger partial charge on any atom is -0.477 e. The van der Waals surface area contributed by atoms with Gasteiger partial charge in [0.15, 0.2) is 11.4 Å². The Kier molecular flexibility index (Phi) is 15.3. The van der Waals surface area contributed by atoms with E-state index in [1.165, 1.54) is 9.80 Å². The van der Waals surface area contributed by atoms with Gasteiger partial charge in [0.1, 0.15) is 0 Å². The molecule has 2 N–H and O–H groups in total. The first-order valence-electron chi connectivity index (χ1n) is 19.9. The number of halogens is 1. The van der Waals surface area contributed by atoms with E-state index in [4.69, 9.17) is 25.4 Å². The molecule has 2 atom stereocenters. The topological polar surface area (TPSA) is 188 Å². The van der Waals surface area contributed by atoms with E-state index in [0.717, 1.165) is 40.5 Å². The van der Waals surface area contributed by atoms with E-state index in [-0.39, 0.29) is 38.0 Å². The third-order valence-corrected chi connectivity index (χ3v) is 10.7. The van der Waals surface area contributed by atoms with E-state index >= 15 is 0 Å². The van der Waals surface area contributed by atoms with Crippen LogP contribution in [-0.2, 0) is 31.9 Å². The number of hydrogen-bond donors (Lipinski definition) is 2. The van der Waals surface area contributed by atoms with E-state index < -0.39 is 23.1 Å². The molecule has 2 fully saturated rings. The molecule has 8 rings (SSSR count). The van der Waals surface area contributed by atoms with Crippen LogP contribution in [0.5, 0.6) is 11.8 Å². The number of carbonyl (C=O) groups is 4. The highest BCUT2D eigenvalue weighted by Gasteiger charge is 2.43. The van der Waals surface area contributed by atoms with Gasteiger partial charge in [-0.2, -0.15) is 19.6 Å². The van der Waals surface area contributed by atoms with E-state index in [1.807, 2.05) is 30.3 Å². The molecule has 0 aliphatic carbocycles. The second-order valence-electron chi connectivity index (χ2n) is 14.5. The Morgan fingerprint density at radius 3 is 1.73 bits per heavy atom. The van der Waals surface area contributed by atoms with Crippen LogP contribution in [-0.4, -0.2) is 128 Å². The first-order valence-corrected chi connectivity index (χ1v) is 20.7. The standard InChI is InChI=1S/C22H23N3O5.C15H15BrN2O3.C7H9NO2.CH4/c1-3-29-20(26)18-17-8-5-13-30-19(17)25(23-18)16-7-4-6-15(14-16)9-10-22(28)11-12-24(2)21(22)27;1-2-20-15(19)13-12-7-4-8-21-14(12)18(17-13)11-6-3-5-10(16)9-11;1-3-7(10)4-5-8(2)6(7)9;/h4,6-7,14,28H,3,5,8,11-13H2,1-2H3;3,5-6,9H,2,4,7-8H2,1H3;1,10H,4-5H2,2H3;1H4/t22-;;7-;/m0.0./s1. The fourth-order valence-electron chi connectivity index (χ4n) is 6.99. The normalized spacial score (nSPS) is 19.6. The summed E-state index contributed by atoms with van der Waals surface area (Å²) in [7, 11) is 3.27. The lowest BCUT2D eigenvalue weighted by Gasteiger charge is -2.15. The van der Waals surface area contributed by atoms with Crippen LogP contribution in [0.1, 0.15) is 84.6 Å². The van der Waals surface area contributed by atoms with Crippen molar-refractivity contribution in [3.05, 3.63) is 81.1 Å². The number of ether oxygens (including phenoxy) is 4. The third kappa shape index (κ3) is 9.97. The van der Waals surface area contributed by atoms with Crippen molar-refractivity contribution >= 4 is 39.7 Å². The van der Waals surface area contributed by atoms with Crippen LogP contribution < -0.4 is 9.47 Å². The molecule has 4 aromatic rings. The number of aliphatic hydroxyl groups is 2. The number of hydrogen-bond acceptors (Lipinski definition) is 12. The molecular formula is C45H51BrN6O10. The molecule has 4 aliphatic heterocycles. The van der Waals surface area contributed by atoms with Gasteiger partial charge in [0.2, 0.25) is 23.0 Å². The van der Waals surface area contributed by atoms with Crippen LogP contribution in [0, 0.1) is 24.2 Å². The molecule has 0 bridgehead atoms. The molecule has 0 saturated carbocycles. The molecule has 328 valence electrons. The van der Waals surface area contributed by atoms with Gasteiger partial charge in [-0.15, -0.1) is 6.42 Å². The molecule has 6 heterocycles. The molecule has 0 spiro atoms. The van der Waals surface area contributed by atoms with Gasteiger partial charge in [0.05, 0.1) is 37.8 Å². The van der Waals surface area contributed by atoms with E-state index in [2.05, 4.69) is 43.9 Å². The van der Waals surface area contributed by atoms with Crippen molar-refractivity contribution in [2.24, 2.45) is 0 Å². The maximum atomic E-state index is 12.3. The van der Waals surface area contributed by atoms with Crippen LogP contribution in [0.15, 0.2) is 53.0 Å². The minimum atomic E-state index is -1.66. The average molecular weight is 916 g/mol. The molecule has 2 amide bonds. The van der Waals surface area contributed by atoms with Crippen molar-refractivity contribution in [3.63, 3.8) is 0 Å². The fraction of sp³-hybridized carbons (Fsp3) is 0.422. The van der Waals surface area contributed by atoms with Crippen LogP contribution in [0.4, 0.5) is 0 Å². The summed E-state index contributed by atoms with van der Waals surface area (Å²) in [6, 6.07) is 14.9. The number of fused-ring (bicyclic) bond motifs is 2. The molecule has 16 nitrogen and oxygen atoms in total. The predicted molar refractivity (Wildman–Crippen MR) is 231 cm³/mol. The lowest BCUT2D eigenvalue weighted by molar-refractivity contribution is -0.138. The summed E-state index contributed by atoms with van der Waals surface area (Å²) in [5, 5.41) is 28.7. The lowest BCUT2D eigenvalue weighted by atomic mass is 10.0. The Morgan fingerprint density at radius 1 is 0.806 bits per heavy atom. The SMILES string of the molecule is C.C#C[C@]1(O)CCN(C)C1=O.CCOC(=O)c1nn(-c2cccc(Br)c2)c2c1CCCO2.CCOC(=O)c1nn(-c2cccc(C#C[C@]3(O)CCN(C)C3=O)c2)c2c1CCCO2. The second kappa shape index (κ2) is 20.2. The number of esters is 2. The van der Waals surface area contributed by atoms with Gasteiger partial charge >= 0.3 is 11.9 Å². The Bertz CT molecular complexity index is 2430. The van der Waals surface area contributed by atoms with Gasteiger partial charge in [0, 0.05) is 61.2 Å². The first-order chi connectivity index (χ1) is 29.2. The summed E-state index contributed by atoms with van der Waals surface area (Å²) in [4.78, 5) is 50.4. The maximum absolute atomic E-state index is 12.3. The van der Waals surface area contributed by atoms with Crippen LogP contribution in [0.3, 0.4) is 0 Å². The molecule has 2 aromatic carbocycles. The number of likely N-dealkylation sites (N-methyl/N-ethyl adjacent to an activating group) is 2. The Morgan fingerprint density at radius 2 is 1.29 bits per heavy atom. The number of aromatic nitrogens is 4. The Hall–Kier alpha value is -6.14. The number of terminal acetylenes is 1. The van der Waals surface area contributed by atoms with Gasteiger partial charge < -0.3 is 39.0 Å². The van der Waals surface area contributed by atoms with E-state index in [0.29, 0.717) is 74.5 Å². The molecule has 2 saturated heterocycles. The Labute approximate surface area is 369 Å². The van der Waals surface area contributed by atoms with Gasteiger partial charge in [-0.1, -0.05) is 53.3 Å². The summed E-state index contributed by atoms with van der Waals surface area (Å²) in [6.45, 7) is 6.32. The van der Waals surface area contributed by atoms with Crippen LogP contribution in [0.25, 0.3) is 11.4 Å². The monoisotopic (exact) mass is 914 g/mol. The van der Waals surface area contributed by atoms with Gasteiger partial charge in [-0.25, -0.2) is 9.59 Å². The quantitative estimate of drug-likeness (QED) is 0.207. The van der Waals surface area contributed by atoms with Crippen LogP contribution >= 0.6 is 15.9 Å². The average Bonchev–Trinajstić information content (AvgIpc) is 4.00. The fourth-order valence-corrected chi connectivity index (χ4v) is 7.37. The maximum Gasteiger partial charge on any atom is 0.359 e. The highest BCUT2D eigenvalue weighted by atomic mass is 79.9. The van der Waals surface area contributed by atoms with E-state index in [9.17, 15) is 29.4 Å². The van der Waals surface area contributed by atoms with Crippen LogP contribution in [0.2, 0.25) is 0 Å². The number of amides is 2. The number of likely N-dealkylation sites (tertiary alicyclic amines) is 2. The summed E-state index contributed by atoms with van der Waals surface area (Å²) in [6.07, 6.45) is 8.74. The Balaban J connectivity index is 0.000000196. The minimum absolute atomic E-state index is 0. The zero-order valence-corrected chi connectivity index (χ0v) is 36.0. The largest absolute Gasteiger partial charge is 0.477 e. The molecular weight excluding hydrogens is 864 g/mol. The lowest BCUT2D eigenvalue weighted by Crippen LogP contribution is -2.37. The van der Waals surface area contributed by atoms with Gasteiger partial charge in [-0.05, 0) is 75.9 Å². The zero-order chi connectivity index (χ0) is 43.9. The summed E-state index contributed by atoms with van der Waals surface area (Å²) < 4.78 is 26.0. The first kappa shape index (κ1) is 46.9. The summed E-state index contributed by atoms with van der Waals surface area (Å²) in [5.41, 5.74) is 1.13. The second-order valence-corrected chi connectivity index (χ2v) is 15.4. The van der Waals surface area contributed by atoms with Crippen molar-refractivity contribution in [1.29, 1.82) is 0 Å². The number of carbonyl (C=O) groups excluding carboxylic acids is 4. The molecule has 0 radical (unpaired) electrons. The summed E-state index contributed by atoms with van der Waals surface area (Å²) in [5.74, 6) is 7.24. The van der Waals surface area contributed by atoms with Crippen molar-refractivity contribution in [1.82, 2.24) is 29.4 Å². The molecule has 17 heteroatoms. The molecule has 62 heavy (non-hydrogen) atoms. The van der Waals surface area contributed by atoms with E-state index in [1.54, 1.807) is 55.5 Å². The highest BCUT2D eigenvalue weighted by Crippen LogP contribution is 2.33. The molecule has 4 aliphatic rings. The third-order valence-electron chi connectivity index (χ3n) is 10.2. The number of rotatable bonds is 6. The van der Waals surface area contributed by atoms with Gasteiger partial charge in [0.25, 0.3) is 11.8 Å². The van der Waals surface area contributed by atoms with Crippen molar-refractivity contribution in [3.8, 4) is 47.3 Å². The number of benzene rings is 2.